The van der Waals surface area contributed by atoms with Crippen LogP contribution in [0.4, 0.5) is 11.4 Å². The van der Waals surface area contributed by atoms with E-state index in [0.29, 0.717) is 0 Å². The molecule has 4 heteroatoms. The van der Waals surface area contributed by atoms with Crippen LogP contribution in [0.5, 0.6) is 11.5 Å². The summed E-state index contributed by atoms with van der Waals surface area (Å²) in [4.78, 5) is 11.4. The van der Waals surface area contributed by atoms with Gasteiger partial charge >= 0.3 is 0 Å². The van der Waals surface area contributed by atoms with E-state index in [1.807, 2.05) is 60.7 Å². The van der Waals surface area contributed by atoms with Gasteiger partial charge in [-0.15, -0.1) is 0 Å². The Morgan fingerprint density at radius 1 is 0.548 bits per heavy atom. The van der Waals surface area contributed by atoms with E-state index in [4.69, 9.17) is 9.68 Å². The molecule has 1 aliphatic carbocycles. The first-order chi connectivity index (χ1) is 15.1. The van der Waals surface area contributed by atoms with E-state index in [2.05, 4.69) is 61.2 Å². The Hall–Kier alpha value is -3.92. The Bertz CT molecular complexity index is 1110. The maximum atomic E-state index is 5.71. The third-order valence-electron chi connectivity index (χ3n) is 5.74. The van der Waals surface area contributed by atoms with E-state index in [-0.39, 0.29) is 5.41 Å². The van der Waals surface area contributed by atoms with Gasteiger partial charge in [0.15, 0.2) is 11.5 Å². The van der Waals surface area contributed by atoms with Crippen LogP contribution in [0.15, 0.2) is 97.1 Å². The molecule has 0 heterocycles. The molecule has 0 aliphatic heterocycles. The third kappa shape index (κ3) is 3.68. The quantitative estimate of drug-likeness (QED) is 0.344. The monoisotopic (exact) mass is 408 g/mol. The van der Waals surface area contributed by atoms with Crippen LogP contribution in [0.3, 0.4) is 0 Å². The van der Waals surface area contributed by atoms with Crippen molar-refractivity contribution in [1.82, 2.24) is 0 Å². The number of para-hydroxylation sites is 2. The van der Waals surface area contributed by atoms with Gasteiger partial charge in [-0.3, -0.25) is 0 Å². The fraction of sp³-hybridized carbons (Fsp3) is 0.111. The van der Waals surface area contributed by atoms with Gasteiger partial charge in [0, 0.05) is 5.41 Å². The highest BCUT2D eigenvalue weighted by Crippen LogP contribution is 2.50. The van der Waals surface area contributed by atoms with Crippen LogP contribution in [-0.4, -0.2) is 0 Å². The fourth-order valence-electron chi connectivity index (χ4n) is 4.08. The number of rotatable bonds is 6. The Morgan fingerprint density at radius 2 is 0.968 bits per heavy atom. The molecule has 2 N–H and O–H groups in total. The minimum Gasteiger partial charge on any atom is -0.382 e. The van der Waals surface area contributed by atoms with Crippen molar-refractivity contribution in [1.29, 1.82) is 0 Å². The molecule has 0 atom stereocenters. The van der Waals surface area contributed by atoms with E-state index < -0.39 is 0 Å². The molecule has 0 amide bonds. The Labute approximate surface area is 182 Å². The normalized spacial score (nSPS) is 13.1. The summed E-state index contributed by atoms with van der Waals surface area (Å²) in [6, 6.07) is 32.2. The van der Waals surface area contributed by atoms with Crippen molar-refractivity contribution in [2.45, 2.75) is 19.3 Å². The molecule has 0 aromatic heterocycles. The molecular formula is C27H24N2O2. The van der Waals surface area contributed by atoms with Gasteiger partial charge < -0.3 is 9.68 Å². The van der Waals surface area contributed by atoms with E-state index in [1.165, 1.54) is 22.3 Å². The van der Waals surface area contributed by atoms with Gasteiger partial charge in [-0.2, -0.15) is 0 Å². The predicted molar refractivity (Wildman–Crippen MR) is 125 cm³/mol. The van der Waals surface area contributed by atoms with Crippen molar-refractivity contribution in [3.63, 3.8) is 0 Å². The number of nitrogens with one attached hydrogen (secondary N) is 2. The summed E-state index contributed by atoms with van der Waals surface area (Å²) >= 11 is 0. The molecule has 0 unspecified atom stereocenters. The van der Waals surface area contributed by atoms with Gasteiger partial charge in [0.25, 0.3) is 0 Å². The highest BCUT2D eigenvalue weighted by Gasteiger charge is 2.35. The number of hydrogen-bond donors (Lipinski definition) is 2. The molecule has 0 radical (unpaired) electrons. The molecule has 4 aromatic rings. The van der Waals surface area contributed by atoms with Crippen LogP contribution in [0.2, 0.25) is 0 Å². The van der Waals surface area contributed by atoms with Crippen LogP contribution in [0.1, 0.15) is 25.0 Å². The lowest BCUT2D eigenvalue weighted by molar-refractivity contribution is 0.405. The summed E-state index contributed by atoms with van der Waals surface area (Å²) in [5.74, 6) is 1.55. The Morgan fingerprint density at radius 3 is 1.39 bits per heavy atom. The van der Waals surface area contributed by atoms with Gasteiger partial charge in [0.05, 0.1) is 11.4 Å². The van der Waals surface area contributed by atoms with Crippen molar-refractivity contribution < 1.29 is 9.68 Å². The Kier molecular flexibility index (Phi) is 4.75. The number of fused-ring (bicyclic) bond motifs is 3. The molecule has 5 rings (SSSR count). The topological polar surface area (TPSA) is 42.5 Å². The second-order valence-corrected chi connectivity index (χ2v) is 8.18. The zero-order chi connectivity index (χ0) is 21.3. The van der Waals surface area contributed by atoms with Crippen LogP contribution in [-0.2, 0) is 5.41 Å². The lowest BCUT2D eigenvalue weighted by Crippen LogP contribution is -2.16. The van der Waals surface area contributed by atoms with Gasteiger partial charge in [-0.05, 0) is 70.8 Å². The molecule has 0 fully saturated rings. The van der Waals surface area contributed by atoms with Crippen LogP contribution in [0, 0.1) is 0 Å². The SMILES string of the molecule is CC1(C)c2cc(NOc3ccccc3)ccc2-c2ccc(NOc3ccccc3)cc21. The first-order valence-electron chi connectivity index (χ1n) is 10.4. The van der Waals surface area contributed by atoms with Gasteiger partial charge in [-0.1, -0.05) is 62.4 Å². The van der Waals surface area contributed by atoms with Crippen LogP contribution in [0.25, 0.3) is 11.1 Å². The van der Waals surface area contributed by atoms with Gasteiger partial charge in [-0.25, -0.2) is 11.0 Å². The summed E-state index contributed by atoms with van der Waals surface area (Å²) in [7, 11) is 0. The maximum Gasteiger partial charge on any atom is 0.155 e. The first kappa shape index (κ1) is 19.1. The van der Waals surface area contributed by atoms with Crippen molar-refractivity contribution in [2.24, 2.45) is 0 Å². The molecule has 0 saturated heterocycles. The summed E-state index contributed by atoms with van der Waals surface area (Å²) in [6.07, 6.45) is 0. The molecule has 4 nitrogen and oxygen atoms in total. The second-order valence-electron chi connectivity index (χ2n) is 8.18. The lowest BCUT2D eigenvalue weighted by atomic mass is 9.82. The van der Waals surface area contributed by atoms with Crippen molar-refractivity contribution >= 4 is 11.4 Å². The summed E-state index contributed by atoms with van der Waals surface area (Å²) in [5, 5.41) is 0. The minimum absolute atomic E-state index is 0.139. The van der Waals surface area contributed by atoms with Crippen LogP contribution < -0.4 is 20.6 Å². The molecule has 0 bridgehead atoms. The average molecular weight is 409 g/mol. The van der Waals surface area contributed by atoms with Crippen LogP contribution >= 0.6 is 0 Å². The molecule has 0 saturated carbocycles. The van der Waals surface area contributed by atoms with Crippen molar-refractivity contribution in [2.75, 3.05) is 11.0 Å². The largest absolute Gasteiger partial charge is 0.382 e. The van der Waals surface area contributed by atoms with Gasteiger partial charge in [0.1, 0.15) is 0 Å². The zero-order valence-corrected chi connectivity index (χ0v) is 17.6. The third-order valence-corrected chi connectivity index (χ3v) is 5.74. The van der Waals surface area contributed by atoms with E-state index >= 15 is 0 Å². The van der Waals surface area contributed by atoms with E-state index in [0.717, 1.165) is 22.9 Å². The molecule has 31 heavy (non-hydrogen) atoms. The maximum absolute atomic E-state index is 5.71. The molecule has 1 aliphatic rings. The number of anilines is 2. The number of hydrogen-bond acceptors (Lipinski definition) is 4. The second kappa shape index (κ2) is 7.73. The van der Waals surface area contributed by atoms with Crippen molar-refractivity contribution in [3.8, 4) is 22.6 Å². The lowest BCUT2D eigenvalue weighted by Gasteiger charge is -2.22. The molecular weight excluding hydrogens is 384 g/mol. The standard InChI is InChI=1S/C27H24N2O2/c1-27(2)25-17-19(28-30-21-9-5-3-6-10-21)13-15-23(25)24-16-14-20(18-26(24)27)29-31-22-11-7-4-8-12-22/h3-18,28-29H,1-2H3. The highest BCUT2D eigenvalue weighted by atomic mass is 16.6. The summed E-state index contributed by atoms with van der Waals surface area (Å²) < 4.78 is 0. The zero-order valence-electron chi connectivity index (χ0n) is 17.6. The Balaban J connectivity index is 1.37. The van der Waals surface area contributed by atoms with Gasteiger partial charge in [0.2, 0.25) is 0 Å². The van der Waals surface area contributed by atoms with E-state index in [9.17, 15) is 0 Å². The molecule has 0 spiro atoms. The van der Waals surface area contributed by atoms with Crippen molar-refractivity contribution in [3.05, 3.63) is 108 Å². The predicted octanol–water partition coefficient (Wildman–Crippen LogP) is 6.80. The average Bonchev–Trinajstić information content (AvgIpc) is 3.04. The number of benzene rings is 4. The molecule has 154 valence electrons. The smallest absolute Gasteiger partial charge is 0.155 e. The molecule has 4 aromatic carbocycles. The highest BCUT2D eigenvalue weighted by molar-refractivity contribution is 5.83. The van der Waals surface area contributed by atoms with E-state index in [1.54, 1.807) is 0 Å². The fourth-order valence-corrected chi connectivity index (χ4v) is 4.08. The first-order valence-corrected chi connectivity index (χ1v) is 10.4. The summed E-state index contributed by atoms with van der Waals surface area (Å²) in [5.41, 5.74) is 12.9. The minimum atomic E-state index is -0.139. The summed E-state index contributed by atoms with van der Waals surface area (Å²) in [6.45, 7) is 4.50.